The van der Waals surface area contributed by atoms with Crippen molar-refractivity contribution in [3.05, 3.63) is 23.8 Å². The van der Waals surface area contributed by atoms with E-state index >= 15 is 0 Å². The van der Waals surface area contributed by atoms with Crippen molar-refractivity contribution in [2.24, 2.45) is 56.7 Å². The summed E-state index contributed by atoms with van der Waals surface area (Å²) in [6.07, 6.45) is -11.8. The summed E-state index contributed by atoms with van der Waals surface area (Å²) in [6.45, 7) is 27.1. The third kappa shape index (κ3) is 15.5. The van der Waals surface area contributed by atoms with Gasteiger partial charge in [0.25, 0.3) is 0 Å². The third-order valence-electron chi connectivity index (χ3n) is 23.8. The summed E-state index contributed by atoms with van der Waals surface area (Å²) in [5, 5.41) is 2.86. The molecule has 28 heteroatoms. The predicted octanol–water partition coefficient (Wildman–Crippen LogP) is 6.63. The molecule has 5 aliphatic carbocycles. The molecule has 0 aromatic carbocycles. The van der Waals surface area contributed by atoms with Crippen molar-refractivity contribution >= 4 is 65.6 Å². The van der Waals surface area contributed by atoms with Gasteiger partial charge in [0.1, 0.15) is 37.6 Å². The fourth-order valence-corrected chi connectivity index (χ4v) is 19.1. The summed E-state index contributed by atoms with van der Waals surface area (Å²) in [5.41, 5.74) is -0.0673. The Bertz CT molecular complexity index is 3200. The van der Waals surface area contributed by atoms with Crippen LogP contribution >= 0.6 is 0 Å². The van der Waals surface area contributed by atoms with Gasteiger partial charge in [0.2, 0.25) is 5.91 Å². The zero-order valence-corrected chi connectivity index (χ0v) is 60.8. The number of esters is 10. The number of allylic oxidation sites excluding steroid dienone is 3. The SMILES string of the molecule is CC(=O)OCC1OC(OC2C(OC3CCC45CC46CCC4(C)C(C(C)C=CC=C(C)C(=O)NC7C(=O)OC(C)C7C)CCC4(C)C6CCC5C3(C)C)OC(COC(C)=O)C(OC(C)=O)C2OC(C)=O)C(OC2OC(C)C(OC(C)=O)C(OC(C)=O)C2OC(C)=O)C(OC(C)=O)C1OC(C)=O. The van der Waals surface area contributed by atoms with E-state index in [1.165, 1.54) is 13.8 Å². The van der Waals surface area contributed by atoms with Gasteiger partial charge in [0.15, 0.2) is 73.8 Å². The summed E-state index contributed by atoms with van der Waals surface area (Å²) in [7, 11) is 0. The van der Waals surface area contributed by atoms with Crippen molar-refractivity contribution < 1.29 is 129 Å². The molecule has 4 aliphatic heterocycles. The molecule has 1 N–H and O–H groups in total. The first-order valence-corrected chi connectivity index (χ1v) is 35.1. The van der Waals surface area contributed by atoms with Crippen LogP contribution in [0, 0.1) is 56.7 Å². The monoisotopic (exact) mass is 1410 g/mol. The Labute approximate surface area is 583 Å². The van der Waals surface area contributed by atoms with Crippen LogP contribution in [0.15, 0.2) is 23.8 Å². The number of hydrogen-bond acceptors (Lipinski definition) is 27. The number of amides is 1. The lowest BCUT2D eigenvalue weighted by Gasteiger charge is -2.63. The predicted molar refractivity (Wildman–Crippen MR) is 344 cm³/mol. The minimum absolute atomic E-state index is 0.0159. The van der Waals surface area contributed by atoms with Crippen LogP contribution in [-0.2, 0) is 129 Å². The first kappa shape index (κ1) is 77.6. The number of carbonyl (C=O) groups excluding carboxylic acids is 11. The van der Waals surface area contributed by atoms with Gasteiger partial charge in [-0.2, -0.15) is 0 Å². The molecule has 2 spiro atoms. The first-order valence-electron chi connectivity index (χ1n) is 35.1. The molecule has 5 saturated carbocycles. The second-order valence-electron chi connectivity index (χ2n) is 30.3. The van der Waals surface area contributed by atoms with Crippen LogP contribution in [0.4, 0.5) is 0 Å². The smallest absolute Gasteiger partial charge is 0.329 e. The highest BCUT2D eigenvalue weighted by Gasteiger charge is 2.82. The van der Waals surface area contributed by atoms with E-state index in [0.717, 1.165) is 107 Å². The van der Waals surface area contributed by atoms with E-state index in [9.17, 15) is 52.7 Å². The van der Waals surface area contributed by atoms with Crippen molar-refractivity contribution in [2.45, 2.75) is 293 Å². The lowest BCUT2D eigenvalue weighted by molar-refractivity contribution is -0.397. The Morgan fingerprint density at radius 2 is 0.940 bits per heavy atom. The van der Waals surface area contributed by atoms with Crippen molar-refractivity contribution in [1.82, 2.24) is 5.32 Å². The molecule has 4 heterocycles. The number of ether oxygens (including phenoxy) is 16. The van der Waals surface area contributed by atoms with Gasteiger partial charge in [-0.05, 0) is 129 Å². The lowest BCUT2D eigenvalue weighted by atomic mass is 9.42. The second kappa shape index (κ2) is 30.4. The summed E-state index contributed by atoms with van der Waals surface area (Å²) >= 11 is 0. The number of carbonyl (C=O) groups is 11. The van der Waals surface area contributed by atoms with E-state index in [1.54, 1.807) is 6.92 Å². The van der Waals surface area contributed by atoms with Crippen LogP contribution in [0.25, 0.3) is 0 Å². The standard InChI is InChI=1S/C72H103NO27/c1-33(20-19-21-34(2)63(83)73-53-35(3)36(4)87-64(53)84)47-24-26-70(18)51-23-22-50-68(15,16)52(25-27-71(50)32-72(51,71)29-28-69(47,70)17)98-66-61(58(93-44(12)80)55(90-41(9)77)48(96-66)30-85-38(6)74)100-67-62(59(94-45(13)81)56(91-42(10)78)49(97-67)31-86-39(7)75)99-65-60(95-46(14)82)57(92-43(11)79)54(37(5)88-65)89-40(8)76/h19-21,33,35-37,47-62,65-67H,22-32H2,1-18H3,(H,73,83). The number of hydrogen-bond donors (Lipinski definition) is 1. The van der Waals surface area contributed by atoms with Crippen LogP contribution in [-0.4, -0.2) is 189 Å². The molecule has 0 radical (unpaired) electrons. The molecule has 4 saturated heterocycles. The van der Waals surface area contributed by atoms with Gasteiger partial charge in [-0.25, -0.2) is 4.79 Å². The number of fused-ring (bicyclic) bond motifs is 2. The molecule has 0 aromatic rings. The van der Waals surface area contributed by atoms with Gasteiger partial charge >= 0.3 is 59.7 Å². The molecule has 9 aliphatic rings. The van der Waals surface area contributed by atoms with Gasteiger partial charge in [0.05, 0.1) is 12.2 Å². The second-order valence-corrected chi connectivity index (χ2v) is 30.3. The molecular formula is C72H103NO27. The average molecular weight is 1410 g/mol. The van der Waals surface area contributed by atoms with Crippen LogP contribution in [0.5, 0.6) is 0 Å². The Morgan fingerprint density at radius 3 is 1.43 bits per heavy atom. The molecule has 27 unspecified atom stereocenters. The van der Waals surface area contributed by atoms with Crippen molar-refractivity contribution in [3.8, 4) is 0 Å². The molecule has 28 nitrogen and oxygen atoms in total. The Balaban J connectivity index is 1.05. The third-order valence-corrected chi connectivity index (χ3v) is 23.8. The van der Waals surface area contributed by atoms with E-state index in [4.69, 9.17) is 75.8 Å². The van der Waals surface area contributed by atoms with Crippen LogP contribution in [0.2, 0.25) is 0 Å². The molecule has 9 rings (SSSR count). The maximum absolute atomic E-state index is 13.6. The van der Waals surface area contributed by atoms with Gasteiger partial charge in [-0.3, -0.25) is 47.9 Å². The Kier molecular flexibility index (Phi) is 23.6. The summed E-state index contributed by atoms with van der Waals surface area (Å²) < 4.78 is 98.2. The van der Waals surface area contributed by atoms with Crippen molar-refractivity contribution in [1.29, 1.82) is 0 Å². The summed E-state index contributed by atoms with van der Waals surface area (Å²) in [4.78, 5) is 143. The molecule has 100 heavy (non-hydrogen) atoms. The van der Waals surface area contributed by atoms with E-state index in [-0.39, 0.29) is 51.4 Å². The normalized spacial score (nSPS) is 41.1. The maximum Gasteiger partial charge on any atom is 0.329 e. The van der Waals surface area contributed by atoms with Crippen LogP contribution in [0.1, 0.15) is 182 Å². The van der Waals surface area contributed by atoms with E-state index in [2.05, 4.69) is 46.0 Å². The quantitative estimate of drug-likeness (QED) is 0.0391. The highest BCUT2D eigenvalue weighted by Crippen LogP contribution is 2.89. The minimum Gasteiger partial charge on any atom is -0.463 e. The van der Waals surface area contributed by atoms with Crippen molar-refractivity contribution in [2.75, 3.05) is 13.2 Å². The molecule has 558 valence electrons. The molecular weight excluding hydrogens is 1310 g/mol. The molecule has 27 atom stereocenters. The Morgan fingerprint density at radius 1 is 0.490 bits per heavy atom. The van der Waals surface area contributed by atoms with E-state index < -0.39 is 183 Å². The summed E-state index contributed by atoms with van der Waals surface area (Å²) in [6, 6.07) is -0.697. The molecule has 9 fully saturated rings. The van der Waals surface area contributed by atoms with Gasteiger partial charge < -0.3 is 81.1 Å². The van der Waals surface area contributed by atoms with Crippen LogP contribution in [0.3, 0.4) is 0 Å². The average Bonchev–Trinajstić information content (AvgIpc) is 1.46. The van der Waals surface area contributed by atoms with Gasteiger partial charge in [-0.1, -0.05) is 59.8 Å². The largest absolute Gasteiger partial charge is 0.463 e. The van der Waals surface area contributed by atoms with Crippen LogP contribution < -0.4 is 5.32 Å². The lowest BCUT2D eigenvalue weighted by Crippen LogP contribution is -2.69. The molecule has 0 aromatic heterocycles. The maximum atomic E-state index is 13.6. The summed E-state index contributed by atoms with van der Waals surface area (Å²) in [5.74, 6) is -7.66. The number of cyclic esters (lactones) is 1. The Hall–Kier alpha value is -6.59. The molecule has 0 bridgehead atoms. The van der Waals surface area contributed by atoms with E-state index in [1.807, 2.05) is 26.0 Å². The highest BCUT2D eigenvalue weighted by atomic mass is 16.8. The fourth-order valence-electron chi connectivity index (χ4n) is 19.1. The minimum atomic E-state index is -2.02. The zero-order chi connectivity index (χ0) is 73.6. The fraction of sp³-hybridized carbons (Fsp3) is 0.792. The van der Waals surface area contributed by atoms with Gasteiger partial charge in [0, 0.05) is 73.8 Å². The van der Waals surface area contributed by atoms with Gasteiger partial charge in [-0.15, -0.1) is 0 Å². The number of rotatable bonds is 22. The van der Waals surface area contributed by atoms with Crippen molar-refractivity contribution in [3.63, 3.8) is 0 Å². The first-order chi connectivity index (χ1) is 46.8. The zero-order valence-electron chi connectivity index (χ0n) is 60.8. The number of nitrogens with one attached hydrogen (secondary N) is 1. The topological polar surface area (TPSA) is 347 Å². The highest BCUT2D eigenvalue weighted by molar-refractivity contribution is 5.96. The molecule has 1 amide bonds. The van der Waals surface area contributed by atoms with E-state index in [0.29, 0.717) is 23.8 Å².